The molecule has 0 atom stereocenters. The number of carbonyl (C=O) groups is 1. The summed E-state index contributed by atoms with van der Waals surface area (Å²) >= 11 is 0. The molecule has 6 nitrogen and oxygen atoms in total. The molecule has 0 fully saturated rings. The number of sulfonamides is 1. The molecule has 0 spiro atoms. The topological polar surface area (TPSA) is 81.5 Å². The fourth-order valence-corrected chi connectivity index (χ4v) is 3.28. The summed E-state index contributed by atoms with van der Waals surface area (Å²) in [6, 6.07) is 7.60. The highest BCUT2D eigenvalue weighted by Gasteiger charge is 2.24. The summed E-state index contributed by atoms with van der Waals surface area (Å²) in [5.74, 6) is -0.201. The lowest BCUT2D eigenvalue weighted by molar-refractivity contribution is -0.131. The van der Waals surface area contributed by atoms with E-state index in [1.54, 1.807) is 4.90 Å². The van der Waals surface area contributed by atoms with Crippen molar-refractivity contribution in [3.63, 3.8) is 0 Å². The van der Waals surface area contributed by atoms with Gasteiger partial charge in [0.2, 0.25) is 15.9 Å². The molecular weight excluding hydrogens is 314 g/mol. The zero-order valence-corrected chi connectivity index (χ0v) is 14.6. The molecule has 0 radical (unpaired) electrons. The van der Waals surface area contributed by atoms with Gasteiger partial charge in [0.1, 0.15) is 0 Å². The molecule has 0 aliphatic rings. The number of amides is 1. The van der Waals surface area contributed by atoms with Crippen LogP contribution in [0.25, 0.3) is 0 Å². The van der Waals surface area contributed by atoms with Gasteiger partial charge in [0.05, 0.1) is 23.1 Å². The third-order valence-corrected chi connectivity index (χ3v) is 5.21. The van der Waals surface area contributed by atoms with Crippen molar-refractivity contribution < 1.29 is 13.2 Å². The summed E-state index contributed by atoms with van der Waals surface area (Å²) in [7, 11) is -2.36. The van der Waals surface area contributed by atoms with E-state index in [0.717, 1.165) is 17.1 Å². The first kappa shape index (κ1) is 19.1. The molecule has 1 amide bonds. The van der Waals surface area contributed by atoms with Gasteiger partial charge in [0.25, 0.3) is 0 Å². The number of likely N-dealkylation sites (N-methyl/N-ethyl adjacent to an activating group) is 1. The average molecular weight is 337 g/mol. The zero-order chi connectivity index (χ0) is 17.5. The molecule has 0 aliphatic carbocycles. The molecule has 0 saturated heterocycles. The molecule has 1 aromatic rings. The molecule has 0 saturated carbocycles. The van der Waals surface area contributed by atoms with Crippen LogP contribution in [0, 0.1) is 11.3 Å². The normalized spacial score (nSPS) is 11.3. The lowest BCUT2D eigenvalue weighted by Crippen LogP contribution is -2.41. The summed E-state index contributed by atoms with van der Waals surface area (Å²) in [5.41, 5.74) is 0.389. The Bertz CT molecular complexity index is 657. The van der Waals surface area contributed by atoms with Crippen LogP contribution >= 0.6 is 0 Å². The highest BCUT2D eigenvalue weighted by atomic mass is 32.2. The molecule has 7 heteroatoms. The van der Waals surface area contributed by atoms with Crippen molar-refractivity contribution in [3.05, 3.63) is 29.8 Å². The van der Waals surface area contributed by atoms with Gasteiger partial charge in [-0.1, -0.05) is 13.8 Å². The SMILES string of the molecule is CCCN(CCC)C(=O)CN(C)S(=O)(=O)c1ccc(C#N)cc1. The van der Waals surface area contributed by atoms with Crippen molar-refractivity contribution in [2.24, 2.45) is 0 Å². The predicted octanol–water partition coefficient (Wildman–Crippen LogP) is 1.83. The Morgan fingerprint density at radius 3 is 2.09 bits per heavy atom. The number of rotatable bonds is 8. The molecule has 0 bridgehead atoms. The fourth-order valence-electron chi connectivity index (χ4n) is 2.16. The van der Waals surface area contributed by atoms with Crippen LogP contribution in [0.5, 0.6) is 0 Å². The summed E-state index contributed by atoms with van der Waals surface area (Å²) in [4.78, 5) is 14.0. The molecule has 23 heavy (non-hydrogen) atoms. The van der Waals surface area contributed by atoms with Gasteiger partial charge in [-0.05, 0) is 37.1 Å². The van der Waals surface area contributed by atoms with Gasteiger partial charge in [-0.2, -0.15) is 9.57 Å². The van der Waals surface area contributed by atoms with Crippen molar-refractivity contribution in [3.8, 4) is 6.07 Å². The van der Waals surface area contributed by atoms with Crippen LogP contribution in [0.4, 0.5) is 0 Å². The van der Waals surface area contributed by atoms with E-state index in [1.165, 1.54) is 31.3 Å². The van der Waals surface area contributed by atoms with Crippen LogP contribution in [0.2, 0.25) is 0 Å². The van der Waals surface area contributed by atoms with E-state index in [9.17, 15) is 13.2 Å². The number of hydrogen-bond acceptors (Lipinski definition) is 4. The Hall–Kier alpha value is -1.91. The third kappa shape index (κ3) is 5.05. The van der Waals surface area contributed by atoms with Crippen molar-refractivity contribution in [1.82, 2.24) is 9.21 Å². The number of nitriles is 1. The van der Waals surface area contributed by atoms with Crippen molar-refractivity contribution in [2.45, 2.75) is 31.6 Å². The summed E-state index contributed by atoms with van der Waals surface area (Å²) < 4.78 is 26.0. The van der Waals surface area contributed by atoms with Gasteiger partial charge in [-0.25, -0.2) is 8.42 Å². The van der Waals surface area contributed by atoms with Gasteiger partial charge in [-0.3, -0.25) is 4.79 Å². The Balaban J connectivity index is 2.87. The Kier molecular flexibility index (Phi) is 7.20. The van der Waals surface area contributed by atoms with E-state index in [-0.39, 0.29) is 17.3 Å². The van der Waals surface area contributed by atoms with Gasteiger partial charge < -0.3 is 4.90 Å². The monoisotopic (exact) mass is 337 g/mol. The summed E-state index contributed by atoms with van der Waals surface area (Å²) in [6.45, 7) is 5.01. The van der Waals surface area contributed by atoms with Gasteiger partial charge in [0.15, 0.2) is 0 Å². The number of nitrogens with zero attached hydrogens (tertiary/aromatic N) is 3. The minimum atomic E-state index is -3.75. The van der Waals surface area contributed by atoms with Crippen LogP contribution in [-0.4, -0.2) is 50.2 Å². The second kappa shape index (κ2) is 8.65. The molecular formula is C16H23N3O3S. The van der Waals surface area contributed by atoms with Gasteiger partial charge in [-0.15, -0.1) is 0 Å². The first-order valence-electron chi connectivity index (χ1n) is 7.61. The standard InChI is InChI=1S/C16H23N3O3S/c1-4-10-19(11-5-2)16(20)13-18(3)23(21,22)15-8-6-14(12-17)7-9-15/h6-9H,4-5,10-11,13H2,1-3H3. The summed E-state index contributed by atoms with van der Waals surface area (Å²) in [6.07, 6.45) is 1.66. The minimum absolute atomic E-state index is 0.0735. The first-order valence-corrected chi connectivity index (χ1v) is 9.05. The van der Waals surface area contributed by atoms with Crippen molar-refractivity contribution >= 4 is 15.9 Å². The minimum Gasteiger partial charge on any atom is -0.342 e. The second-order valence-corrected chi connectivity index (χ2v) is 7.32. The van der Waals surface area contributed by atoms with E-state index in [2.05, 4.69) is 0 Å². The molecule has 0 heterocycles. The molecule has 0 aromatic heterocycles. The Morgan fingerprint density at radius 1 is 1.13 bits per heavy atom. The van der Waals surface area contributed by atoms with Gasteiger partial charge >= 0.3 is 0 Å². The third-order valence-electron chi connectivity index (χ3n) is 3.39. The number of benzene rings is 1. The van der Waals surface area contributed by atoms with E-state index in [4.69, 9.17) is 5.26 Å². The number of hydrogen-bond donors (Lipinski definition) is 0. The predicted molar refractivity (Wildman–Crippen MR) is 88.1 cm³/mol. The van der Waals surface area contributed by atoms with Crippen LogP contribution in [0.15, 0.2) is 29.2 Å². The maximum Gasteiger partial charge on any atom is 0.243 e. The highest BCUT2D eigenvalue weighted by Crippen LogP contribution is 2.15. The molecule has 0 unspecified atom stereocenters. The van der Waals surface area contributed by atoms with Crippen molar-refractivity contribution in [1.29, 1.82) is 5.26 Å². The molecule has 0 N–H and O–H groups in total. The quantitative estimate of drug-likeness (QED) is 0.724. The largest absolute Gasteiger partial charge is 0.342 e. The first-order chi connectivity index (χ1) is 10.9. The maximum atomic E-state index is 12.5. The van der Waals surface area contributed by atoms with Crippen LogP contribution in [-0.2, 0) is 14.8 Å². The average Bonchev–Trinajstić information content (AvgIpc) is 2.54. The molecule has 126 valence electrons. The Labute approximate surface area is 138 Å². The zero-order valence-electron chi connectivity index (χ0n) is 13.8. The lowest BCUT2D eigenvalue weighted by atomic mass is 10.2. The molecule has 1 rings (SSSR count). The van der Waals surface area contributed by atoms with Crippen LogP contribution in [0.1, 0.15) is 32.3 Å². The van der Waals surface area contributed by atoms with Crippen LogP contribution in [0.3, 0.4) is 0 Å². The van der Waals surface area contributed by atoms with Crippen molar-refractivity contribution in [2.75, 3.05) is 26.7 Å². The van der Waals surface area contributed by atoms with E-state index in [0.29, 0.717) is 18.7 Å². The maximum absolute atomic E-state index is 12.5. The Morgan fingerprint density at radius 2 is 1.65 bits per heavy atom. The molecule has 0 aliphatic heterocycles. The fraction of sp³-hybridized carbons (Fsp3) is 0.500. The highest BCUT2D eigenvalue weighted by molar-refractivity contribution is 7.89. The second-order valence-electron chi connectivity index (χ2n) is 5.28. The van der Waals surface area contributed by atoms with E-state index >= 15 is 0 Å². The smallest absolute Gasteiger partial charge is 0.243 e. The van der Waals surface area contributed by atoms with Crippen LogP contribution < -0.4 is 0 Å². The number of carbonyl (C=O) groups excluding carboxylic acids is 1. The van der Waals surface area contributed by atoms with Gasteiger partial charge in [0, 0.05) is 20.1 Å². The van der Waals surface area contributed by atoms with E-state index in [1.807, 2.05) is 19.9 Å². The van der Waals surface area contributed by atoms with E-state index < -0.39 is 10.0 Å². The summed E-state index contributed by atoms with van der Waals surface area (Å²) in [5, 5.41) is 8.76. The molecule has 1 aromatic carbocycles. The lowest BCUT2D eigenvalue weighted by Gasteiger charge is -2.24.